The molecule has 0 aliphatic heterocycles. The third-order valence-electron chi connectivity index (χ3n) is 13.5. The molecule has 0 radical (unpaired) electrons. The van der Waals surface area contributed by atoms with E-state index in [1.54, 1.807) is 0 Å². The molecule has 0 heterocycles. The lowest BCUT2D eigenvalue weighted by atomic mass is 9.74. The van der Waals surface area contributed by atoms with E-state index < -0.39 is 0 Å². The highest BCUT2D eigenvalue weighted by molar-refractivity contribution is 6.22. The summed E-state index contributed by atoms with van der Waals surface area (Å²) in [4.78, 5) is 2.42. The van der Waals surface area contributed by atoms with Crippen molar-refractivity contribution in [2.75, 3.05) is 4.90 Å². The molecule has 11 aromatic rings. The Morgan fingerprint density at radius 1 is 0.302 bits per heavy atom. The minimum atomic E-state index is -0.254. The maximum atomic E-state index is 2.42. The van der Waals surface area contributed by atoms with Crippen molar-refractivity contribution in [2.24, 2.45) is 0 Å². The molecule has 0 amide bonds. The van der Waals surface area contributed by atoms with Crippen molar-refractivity contribution in [3.05, 3.63) is 259 Å². The van der Waals surface area contributed by atoms with Crippen molar-refractivity contribution in [2.45, 2.75) is 12.3 Å². The van der Waals surface area contributed by atoms with Crippen LogP contribution in [0.5, 0.6) is 0 Å². The van der Waals surface area contributed by atoms with Crippen molar-refractivity contribution in [1.29, 1.82) is 0 Å². The molecule has 1 aliphatic rings. The second-order valence-corrected chi connectivity index (χ2v) is 17.0. The summed E-state index contributed by atoms with van der Waals surface area (Å²) in [5.74, 6) is 0. The fourth-order valence-corrected chi connectivity index (χ4v) is 10.5. The summed E-state index contributed by atoms with van der Waals surface area (Å²) < 4.78 is 0. The first-order valence-electron chi connectivity index (χ1n) is 21.9. The smallest absolute Gasteiger partial charge is 0.0468 e. The van der Waals surface area contributed by atoms with Crippen molar-refractivity contribution in [3.8, 4) is 44.5 Å². The van der Waals surface area contributed by atoms with Crippen LogP contribution < -0.4 is 4.90 Å². The second-order valence-electron chi connectivity index (χ2n) is 17.0. The molecule has 0 saturated heterocycles. The van der Waals surface area contributed by atoms with E-state index in [1.807, 2.05) is 0 Å². The Labute approximate surface area is 368 Å². The molecule has 0 spiro atoms. The van der Waals surface area contributed by atoms with Gasteiger partial charge in [0.2, 0.25) is 0 Å². The zero-order valence-electron chi connectivity index (χ0n) is 35.0. The van der Waals surface area contributed by atoms with Crippen LogP contribution in [0.1, 0.15) is 23.6 Å². The molecule has 0 N–H and O–H groups in total. The lowest BCUT2D eigenvalue weighted by Crippen LogP contribution is -2.22. The van der Waals surface area contributed by atoms with Gasteiger partial charge in [-0.15, -0.1) is 0 Å². The predicted octanol–water partition coefficient (Wildman–Crippen LogP) is 17.0. The zero-order chi connectivity index (χ0) is 41.9. The monoisotopic (exact) mass is 801 g/mol. The Hall–Kier alpha value is -8.00. The number of fused-ring (bicyclic) bond motifs is 7. The quantitative estimate of drug-likeness (QED) is 0.145. The Balaban J connectivity index is 1.02. The average Bonchev–Trinajstić information content (AvgIpc) is 3.62. The molecular weight excluding hydrogens is 759 g/mol. The van der Waals surface area contributed by atoms with Gasteiger partial charge in [0.15, 0.2) is 0 Å². The number of anilines is 3. The van der Waals surface area contributed by atoms with Crippen LogP contribution in [0, 0.1) is 0 Å². The van der Waals surface area contributed by atoms with Crippen LogP contribution in [-0.4, -0.2) is 0 Å². The second kappa shape index (κ2) is 14.9. The molecule has 1 nitrogen and oxygen atoms in total. The van der Waals surface area contributed by atoms with Crippen LogP contribution in [0.15, 0.2) is 243 Å². The topological polar surface area (TPSA) is 3.24 Å². The maximum absolute atomic E-state index is 2.42. The van der Waals surface area contributed by atoms with Gasteiger partial charge in [0, 0.05) is 22.5 Å². The van der Waals surface area contributed by atoms with E-state index in [2.05, 4.69) is 254 Å². The van der Waals surface area contributed by atoms with E-state index in [0.29, 0.717) is 0 Å². The van der Waals surface area contributed by atoms with Crippen LogP contribution >= 0.6 is 0 Å². The van der Waals surface area contributed by atoms with Gasteiger partial charge < -0.3 is 4.90 Å². The molecule has 1 unspecified atom stereocenters. The van der Waals surface area contributed by atoms with Crippen LogP contribution in [0.4, 0.5) is 17.1 Å². The van der Waals surface area contributed by atoms with Crippen LogP contribution in [0.3, 0.4) is 0 Å². The Kier molecular flexibility index (Phi) is 8.69. The first-order chi connectivity index (χ1) is 31.1. The van der Waals surface area contributed by atoms with E-state index in [4.69, 9.17) is 0 Å². The molecule has 0 saturated carbocycles. The van der Waals surface area contributed by atoms with Gasteiger partial charge in [0.25, 0.3) is 0 Å². The molecular formula is C62H43N. The normalized spacial score (nSPS) is 14.2. The van der Waals surface area contributed by atoms with Crippen LogP contribution in [-0.2, 0) is 5.41 Å². The Morgan fingerprint density at radius 2 is 0.825 bits per heavy atom. The highest BCUT2D eigenvalue weighted by Gasteiger charge is 2.40. The minimum Gasteiger partial charge on any atom is -0.310 e. The molecule has 0 fully saturated rings. The standard InChI is InChI=1S/C62H43N/c1-62(48-23-9-4-10-24-48)58-28-16-15-26-54(58)56-41-51(36-38-59(56)62)63(50-35-31-42-17-11-12-22-46(42)39-50)49-33-29-43(30-34-49)47-32-37-53-52-25-13-14-27-55(52)60(44-18-5-2-6-19-44)61(57(53)40-47)45-20-7-3-8-21-45/h2-41H,1H3. The number of benzene rings is 11. The van der Waals surface area contributed by atoms with Gasteiger partial charge in [-0.25, -0.2) is 0 Å². The summed E-state index contributed by atoms with van der Waals surface area (Å²) >= 11 is 0. The maximum Gasteiger partial charge on any atom is 0.0468 e. The summed E-state index contributed by atoms with van der Waals surface area (Å²) in [6.07, 6.45) is 0. The van der Waals surface area contributed by atoms with E-state index in [0.717, 1.165) is 17.1 Å². The molecule has 12 rings (SSSR count). The molecule has 0 bridgehead atoms. The SMILES string of the molecule is CC1(c2ccccc2)c2ccccc2-c2cc(N(c3ccc(-c4ccc5c(c4)c(-c4ccccc4)c(-c4ccccc4)c4ccccc45)cc3)c3ccc4ccccc4c3)ccc21. The zero-order valence-corrected chi connectivity index (χ0v) is 35.0. The van der Waals surface area contributed by atoms with Gasteiger partial charge in [-0.2, -0.15) is 0 Å². The summed E-state index contributed by atoms with van der Waals surface area (Å²) in [5.41, 5.74) is 17.0. The van der Waals surface area contributed by atoms with Crippen molar-refractivity contribution in [3.63, 3.8) is 0 Å². The largest absolute Gasteiger partial charge is 0.310 e. The van der Waals surface area contributed by atoms with Gasteiger partial charge in [-0.1, -0.05) is 200 Å². The Morgan fingerprint density at radius 3 is 1.57 bits per heavy atom. The first kappa shape index (κ1) is 36.8. The number of hydrogen-bond acceptors (Lipinski definition) is 1. The molecule has 1 heteroatoms. The molecule has 1 aliphatic carbocycles. The molecule has 63 heavy (non-hydrogen) atoms. The lowest BCUT2D eigenvalue weighted by molar-refractivity contribution is 0.714. The first-order valence-corrected chi connectivity index (χ1v) is 21.9. The molecule has 1 atom stereocenters. The van der Waals surface area contributed by atoms with Gasteiger partial charge in [-0.05, 0) is 143 Å². The summed E-state index contributed by atoms with van der Waals surface area (Å²) in [6, 6.07) is 89.3. The van der Waals surface area contributed by atoms with Gasteiger partial charge in [0.05, 0.1) is 0 Å². The van der Waals surface area contributed by atoms with Crippen molar-refractivity contribution < 1.29 is 0 Å². The fourth-order valence-electron chi connectivity index (χ4n) is 10.5. The van der Waals surface area contributed by atoms with Gasteiger partial charge in [-0.3, -0.25) is 0 Å². The van der Waals surface area contributed by atoms with Crippen molar-refractivity contribution in [1.82, 2.24) is 0 Å². The lowest BCUT2D eigenvalue weighted by Gasteiger charge is -2.29. The van der Waals surface area contributed by atoms with Crippen molar-refractivity contribution >= 4 is 49.4 Å². The summed E-state index contributed by atoms with van der Waals surface area (Å²) in [6.45, 7) is 2.38. The molecule has 11 aromatic carbocycles. The predicted molar refractivity (Wildman–Crippen MR) is 267 cm³/mol. The molecule has 296 valence electrons. The van der Waals surface area contributed by atoms with Gasteiger partial charge >= 0.3 is 0 Å². The third kappa shape index (κ3) is 6.00. The van der Waals surface area contributed by atoms with E-state index >= 15 is 0 Å². The summed E-state index contributed by atoms with van der Waals surface area (Å²) in [5, 5.41) is 7.48. The van der Waals surface area contributed by atoms with Gasteiger partial charge in [0.1, 0.15) is 0 Å². The Bertz CT molecular complexity index is 3500. The van der Waals surface area contributed by atoms with E-state index in [-0.39, 0.29) is 5.41 Å². The highest BCUT2D eigenvalue weighted by Crippen LogP contribution is 2.54. The number of rotatable bonds is 7. The van der Waals surface area contributed by atoms with Crippen LogP contribution in [0.2, 0.25) is 0 Å². The molecule has 0 aromatic heterocycles. The fraction of sp³-hybridized carbons (Fsp3) is 0.0323. The van der Waals surface area contributed by atoms with E-state index in [9.17, 15) is 0 Å². The van der Waals surface area contributed by atoms with Crippen LogP contribution in [0.25, 0.3) is 76.8 Å². The summed E-state index contributed by atoms with van der Waals surface area (Å²) in [7, 11) is 0. The third-order valence-corrected chi connectivity index (χ3v) is 13.5. The average molecular weight is 802 g/mol. The highest BCUT2D eigenvalue weighted by atomic mass is 15.1. The number of hydrogen-bond donors (Lipinski definition) is 0. The minimum absolute atomic E-state index is 0.254. The van der Waals surface area contributed by atoms with E-state index in [1.165, 1.54) is 93.5 Å². The number of nitrogens with zero attached hydrogens (tertiary/aromatic N) is 1.